The van der Waals surface area contributed by atoms with Gasteiger partial charge < -0.3 is 5.73 Å². The molecule has 17 heavy (non-hydrogen) atoms. The third-order valence-electron chi connectivity index (χ3n) is 2.91. The zero-order valence-electron chi connectivity index (χ0n) is 9.81. The first-order valence-electron chi connectivity index (χ1n) is 5.74. The molecular weight excluding hydrogens is 213 g/mol. The van der Waals surface area contributed by atoms with E-state index in [-0.39, 0.29) is 17.8 Å². The summed E-state index contributed by atoms with van der Waals surface area (Å²) in [5, 5.41) is 0. The van der Waals surface area contributed by atoms with Crippen molar-refractivity contribution in [3.63, 3.8) is 0 Å². The lowest BCUT2D eigenvalue weighted by Gasteiger charge is -2.21. The molecule has 2 atom stereocenters. The van der Waals surface area contributed by atoms with E-state index in [4.69, 9.17) is 5.73 Å². The Morgan fingerprint density at radius 3 is 1.94 bits per heavy atom. The molecule has 0 bridgehead atoms. The van der Waals surface area contributed by atoms with Crippen molar-refractivity contribution in [3.05, 3.63) is 71.5 Å². The molecule has 0 fully saturated rings. The molecule has 0 saturated carbocycles. The molecule has 2 heteroatoms. The lowest BCUT2D eigenvalue weighted by molar-refractivity contribution is 0.618. The van der Waals surface area contributed by atoms with Crippen LogP contribution in [0.1, 0.15) is 24.0 Å². The zero-order chi connectivity index (χ0) is 12.3. The van der Waals surface area contributed by atoms with Crippen LogP contribution in [0, 0.1) is 5.82 Å². The number of hydrogen-bond acceptors (Lipinski definition) is 1. The SMILES string of the molecule is CC(N)C(c1ccccc1)c1ccc(F)cc1. The van der Waals surface area contributed by atoms with Gasteiger partial charge in [0, 0.05) is 12.0 Å². The normalized spacial score (nSPS) is 14.3. The van der Waals surface area contributed by atoms with Crippen molar-refractivity contribution in [1.82, 2.24) is 0 Å². The van der Waals surface area contributed by atoms with Crippen LogP contribution in [0.25, 0.3) is 0 Å². The van der Waals surface area contributed by atoms with Gasteiger partial charge in [0.2, 0.25) is 0 Å². The van der Waals surface area contributed by atoms with Crippen molar-refractivity contribution in [3.8, 4) is 0 Å². The van der Waals surface area contributed by atoms with Gasteiger partial charge in [-0.2, -0.15) is 0 Å². The van der Waals surface area contributed by atoms with Crippen LogP contribution in [0.4, 0.5) is 4.39 Å². The van der Waals surface area contributed by atoms with Gasteiger partial charge in [0.15, 0.2) is 0 Å². The number of halogens is 1. The molecule has 0 saturated heterocycles. The van der Waals surface area contributed by atoms with E-state index >= 15 is 0 Å². The van der Waals surface area contributed by atoms with E-state index in [1.807, 2.05) is 25.1 Å². The maximum atomic E-state index is 12.9. The van der Waals surface area contributed by atoms with Gasteiger partial charge in [-0.15, -0.1) is 0 Å². The van der Waals surface area contributed by atoms with Crippen molar-refractivity contribution >= 4 is 0 Å². The molecule has 88 valence electrons. The van der Waals surface area contributed by atoms with E-state index in [0.717, 1.165) is 11.1 Å². The molecule has 2 unspecified atom stereocenters. The highest BCUT2D eigenvalue weighted by atomic mass is 19.1. The predicted octanol–water partition coefficient (Wildman–Crippen LogP) is 3.30. The molecule has 2 rings (SSSR count). The molecule has 0 heterocycles. The molecule has 1 nitrogen and oxygen atoms in total. The van der Waals surface area contributed by atoms with Gasteiger partial charge in [-0.1, -0.05) is 42.5 Å². The minimum absolute atomic E-state index is 0.0112. The second-order valence-electron chi connectivity index (χ2n) is 4.30. The number of hydrogen-bond donors (Lipinski definition) is 1. The summed E-state index contributed by atoms with van der Waals surface area (Å²) in [5.74, 6) is -0.109. The summed E-state index contributed by atoms with van der Waals surface area (Å²) in [6.45, 7) is 1.97. The van der Waals surface area contributed by atoms with E-state index in [1.165, 1.54) is 12.1 Å². The van der Waals surface area contributed by atoms with Crippen molar-refractivity contribution in [2.45, 2.75) is 18.9 Å². The Bertz CT molecular complexity index is 462. The summed E-state index contributed by atoms with van der Waals surface area (Å²) >= 11 is 0. The molecule has 0 amide bonds. The van der Waals surface area contributed by atoms with Crippen LogP contribution in [-0.2, 0) is 0 Å². The first-order chi connectivity index (χ1) is 8.18. The second-order valence-corrected chi connectivity index (χ2v) is 4.30. The fraction of sp³-hybridized carbons (Fsp3) is 0.200. The van der Waals surface area contributed by atoms with Crippen LogP contribution in [0.15, 0.2) is 54.6 Å². The predicted molar refractivity (Wildman–Crippen MR) is 68.3 cm³/mol. The smallest absolute Gasteiger partial charge is 0.123 e. The molecule has 0 aliphatic carbocycles. The summed E-state index contributed by atoms with van der Waals surface area (Å²) in [5.41, 5.74) is 8.25. The summed E-state index contributed by atoms with van der Waals surface area (Å²) in [6, 6.07) is 16.6. The Hall–Kier alpha value is -1.67. The third-order valence-corrected chi connectivity index (χ3v) is 2.91. The largest absolute Gasteiger partial charge is 0.327 e. The molecule has 2 aromatic carbocycles. The monoisotopic (exact) mass is 229 g/mol. The van der Waals surface area contributed by atoms with Crippen LogP contribution in [-0.4, -0.2) is 6.04 Å². The molecule has 0 aliphatic rings. The average Bonchev–Trinajstić information content (AvgIpc) is 2.33. The second kappa shape index (κ2) is 5.11. The highest BCUT2D eigenvalue weighted by Gasteiger charge is 2.17. The highest BCUT2D eigenvalue weighted by molar-refractivity contribution is 5.34. The molecule has 2 N–H and O–H groups in total. The summed E-state index contributed by atoms with van der Waals surface area (Å²) < 4.78 is 12.9. The van der Waals surface area contributed by atoms with E-state index < -0.39 is 0 Å². The van der Waals surface area contributed by atoms with E-state index in [2.05, 4.69) is 12.1 Å². The van der Waals surface area contributed by atoms with Crippen LogP contribution in [0.2, 0.25) is 0 Å². The first kappa shape index (κ1) is 11.8. The highest BCUT2D eigenvalue weighted by Crippen LogP contribution is 2.27. The van der Waals surface area contributed by atoms with Gasteiger partial charge in [-0.05, 0) is 30.2 Å². The van der Waals surface area contributed by atoms with E-state index in [0.29, 0.717) is 0 Å². The molecule has 0 aromatic heterocycles. The van der Waals surface area contributed by atoms with Gasteiger partial charge in [0.05, 0.1) is 0 Å². The van der Waals surface area contributed by atoms with E-state index in [9.17, 15) is 4.39 Å². The third kappa shape index (κ3) is 2.71. The lowest BCUT2D eigenvalue weighted by atomic mass is 9.86. The maximum absolute atomic E-state index is 12.9. The first-order valence-corrected chi connectivity index (χ1v) is 5.74. The van der Waals surface area contributed by atoms with Gasteiger partial charge in [0.25, 0.3) is 0 Å². The molecule has 2 aromatic rings. The molecular formula is C15H16FN. The summed E-state index contributed by atoms with van der Waals surface area (Å²) in [4.78, 5) is 0. The standard InChI is InChI=1S/C15H16FN/c1-11(17)15(12-5-3-2-4-6-12)13-7-9-14(16)10-8-13/h2-11,15H,17H2,1H3. The molecule has 0 spiro atoms. The minimum Gasteiger partial charge on any atom is -0.327 e. The summed E-state index contributed by atoms with van der Waals surface area (Å²) in [6.07, 6.45) is 0. The van der Waals surface area contributed by atoms with E-state index in [1.54, 1.807) is 12.1 Å². The lowest BCUT2D eigenvalue weighted by Crippen LogP contribution is -2.25. The van der Waals surface area contributed by atoms with Crippen LogP contribution in [0.3, 0.4) is 0 Å². The van der Waals surface area contributed by atoms with Gasteiger partial charge in [0.1, 0.15) is 5.82 Å². The number of rotatable bonds is 3. The molecule has 0 radical (unpaired) electrons. The van der Waals surface area contributed by atoms with Crippen LogP contribution in [0.5, 0.6) is 0 Å². The Labute approximate surface area is 101 Å². The number of benzene rings is 2. The van der Waals surface area contributed by atoms with Crippen molar-refractivity contribution < 1.29 is 4.39 Å². The zero-order valence-corrected chi connectivity index (χ0v) is 9.81. The fourth-order valence-electron chi connectivity index (χ4n) is 2.13. The number of nitrogens with two attached hydrogens (primary N) is 1. The Kier molecular flexibility index (Phi) is 3.55. The van der Waals surface area contributed by atoms with Crippen LogP contribution >= 0.6 is 0 Å². The van der Waals surface area contributed by atoms with Gasteiger partial charge in [-0.25, -0.2) is 4.39 Å². The van der Waals surface area contributed by atoms with Crippen molar-refractivity contribution in [2.75, 3.05) is 0 Å². The van der Waals surface area contributed by atoms with Crippen molar-refractivity contribution in [2.24, 2.45) is 5.73 Å². The fourth-order valence-corrected chi connectivity index (χ4v) is 2.13. The van der Waals surface area contributed by atoms with Crippen LogP contribution < -0.4 is 5.73 Å². The Balaban J connectivity index is 2.39. The minimum atomic E-state index is -0.217. The quantitative estimate of drug-likeness (QED) is 0.858. The van der Waals surface area contributed by atoms with Gasteiger partial charge in [-0.3, -0.25) is 0 Å². The Morgan fingerprint density at radius 2 is 1.41 bits per heavy atom. The molecule has 0 aliphatic heterocycles. The average molecular weight is 229 g/mol. The van der Waals surface area contributed by atoms with Crippen molar-refractivity contribution in [1.29, 1.82) is 0 Å². The topological polar surface area (TPSA) is 26.0 Å². The summed E-state index contributed by atoms with van der Waals surface area (Å²) in [7, 11) is 0. The maximum Gasteiger partial charge on any atom is 0.123 e. The van der Waals surface area contributed by atoms with Gasteiger partial charge >= 0.3 is 0 Å². The Morgan fingerprint density at radius 1 is 0.882 bits per heavy atom.